The van der Waals surface area contributed by atoms with Crippen LogP contribution >= 0.6 is 0 Å². The van der Waals surface area contributed by atoms with Crippen LogP contribution < -0.4 is 0 Å². The highest BCUT2D eigenvalue weighted by molar-refractivity contribution is 6.21. The average molecular weight is 391 g/mol. The Balaban J connectivity index is 2.12. The van der Waals surface area contributed by atoms with Crippen LogP contribution in [0, 0.1) is 5.92 Å². The monoisotopic (exact) mass is 390 g/mol. The van der Waals surface area contributed by atoms with E-state index in [4.69, 9.17) is 9.73 Å². The van der Waals surface area contributed by atoms with Crippen LogP contribution in [0.5, 0.6) is 0 Å². The first-order chi connectivity index (χ1) is 13.9. The number of nitrogens with zero attached hydrogens (tertiary/aromatic N) is 2. The summed E-state index contributed by atoms with van der Waals surface area (Å²) in [4.78, 5) is 7.34. The maximum absolute atomic E-state index is 6.05. The summed E-state index contributed by atoms with van der Waals surface area (Å²) in [5.74, 6) is 1.10. The van der Waals surface area contributed by atoms with Crippen molar-refractivity contribution in [2.75, 3.05) is 19.7 Å². The summed E-state index contributed by atoms with van der Waals surface area (Å²) in [5, 5.41) is 0. The van der Waals surface area contributed by atoms with Crippen molar-refractivity contribution >= 4 is 11.5 Å². The molecule has 1 aromatic carbocycles. The van der Waals surface area contributed by atoms with Crippen LogP contribution in [0.4, 0.5) is 0 Å². The van der Waals surface area contributed by atoms with Gasteiger partial charge in [0.15, 0.2) is 0 Å². The van der Waals surface area contributed by atoms with E-state index in [1.54, 1.807) is 0 Å². The zero-order chi connectivity index (χ0) is 21.0. The predicted octanol–water partition coefficient (Wildman–Crippen LogP) is 5.98. The Labute approximate surface area is 176 Å². The predicted molar refractivity (Wildman–Crippen MR) is 124 cm³/mol. The largest absolute Gasteiger partial charge is 0.475 e. The second-order valence-corrected chi connectivity index (χ2v) is 8.84. The van der Waals surface area contributed by atoms with Crippen LogP contribution in [0.1, 0.15) is 51.3 Å². The van der Waals surface area contributed by atoms with Crippen molar-refractivity contribution in [3.63, 3.8) is 0 Å². The normalized spacial score (nSPS) is 22.2. The summed E-state index contributed by atoms with van der Waals surface area (Å²) in [6.45, 7) is 18.8. The van der Waals surface area contributed by atoms with Gasteiger partial charge in [0.05, 0.1) is 5.54 Å². The van der Waals surface area contributed by atoms with Crippen molar-refractivity contribution < 1.29 is 4.74 Å². The molecule has 0 unspecified atom stereocenters. The highest BCUT2D eigenvalue weighted by atomic mass is 16.5. The summed E-state index contributed by atoms with van der Waals surface area (Å²) in [6, 6.07) is 8.95. The van der Waals surface area contributed by atoms with Gasteiger partial charge in [0.25, 0.3) is 0 Å². The topological polar surface area (TPSA) is 24.8 Å². The van der Waals surface area contributed by atoms with E-state index in [1.807, 2.05) is 12.2 Å². The molecule has 3 heteroatoms. The van der Waals surface area contributed by atoms with Crippen LogP contribution in [0.3, 0.4) is 0 Å². The van der Waals surface area contributed by atoms with E-state index in [9.17, 15) is 0 Å². The molecule has 29 heavy (non-hydrogen) atoms. The lowest BCUT2D eigenvalue weighted by Crippen LogP contribution is -2.36. The van der Waals surface area contributed by atoms with Gasteiger partial charge in [-0.15, -0.1) is 13.2 Å². The number of hydrogen-bond donors (Lipinski definition) is 0. The van der Waals surface area contributed by atoms with E-state index in [0.29, 0.717) is 12.5 Å². The molecular weight excluding hydrogens is 356 g/mol. The molecule has 3 nitrogen and oxygen atoms in total. The quantitative estimate of drug-likeness (QED) is 0.510. The van der Waals surface area contributed by atoms with E-state index in [-0.39, 0.29) is 11.6 Å². The SMILES string of the molecule is C=CCN(CC=C)[C@H]1c2ccccc2C(C2=NC(C)(C)CO2)=C[C@@H]1CC=C(C)C. The van der Waals surface area contributed by atoms with Crippen molar-refractivity contribution in [1.82, 2.24) is 4.90 Å². The minimum absolute atomic E-state index is 0.172. The lowest BCUT2D eigenvalue weighted by molar-refractivity contribution is 0.194. The Morgan fingerprint density at radius 3 is 2.48 bits per heavy atom. The Morgan fingerprint density at radius 2 is 1.90 bits per heavy atom. The molecule has 2 aliphatic rings. The van der Waals surface area contributed by atoms with E-state index in [0.717, 1.165) is 31.0 Å². The first-order valence-electron chi connectivity index (χ1n) is 10.5. The molecule has 154 valence electrons. The van der Waals surface area contributed by atoms with Gasteiger partial charge in [-0.2, -0.15) is 0 Å². The summed E-state index contributed by atoms with van der Waals surface area (Å²) in [6.07, 6.45) is 9.66. The van der Waals surface area contributed by atoms with Crippen LogP contribution in [0.25, 0.3) is 5.57 Å². The molecule has 2 atom stereocenters. The number of aliphatic imine (C=N–C) groups is 1. The number of ether oxygens (including phenoxy) is 1. The fourth-order valence-corrected chi connectivity index (χ4v) is 4.20. The molecular formula is C26H34N2O. The zero-order valence-electron chi connectivity index (χ0n) is 18.3. The van der Waals surface area contributed by atoms with Crippen LogP contribution in [0.15, 0.2) is 72.3 Å². The number of allylic oxidation sites excluding steroid dienone is 2. The maximum Gasteiger partial charge on any atom is 0.217 e. The molecule has 3 rings (SSSR count). The molecule has 0 saturated heterocycles. The first kappa shape index (κ1) is 21.3. The van der Waals surface area contributed by atoms with Gasteiger partial charge < -0.3 is 4.74 Å². The standard InChI is InChI=1S/C26H34N2O/c1-7-15-28(16-8-2)24-20(14-13-19(3)4)17-23(21-11-9-10-12-22(21)24)25-27-26(5,6)18-29-25/h7-13,17,20,24H,1-2,14-16,18H2,3-6H3/t20-,24+/m0/s1. The molecule has 0 radical (unpaired) electrons. The first-order valence-corrected chi connectivity index (χ1v) is 10.5. The molecule has 1 aliphatic carbocycles. The Hall–Kier alpha value is -2.39. The minimum Gasteiger partial charge on any atom is -0.475 e. The highest BCUT2D eigenvalue weighted by Crippen LogP contribution is 2.43. The fourth-order valence-electron chi connectivity index (χ4n) is 4.20. The van der Waals surface area contributed by atoms with E-state index in [2.05, 4.69) is 82.2 Å². The molecule has 0 saturated carbocycles. The van der Waals surface area contributed by atoms with E-state index < -0.39 is 0 Å². The van der Waals surface area contributed by atoms with Gasteiger partial charge in [-0.05, 0) is 45.2 Å². The van der Waals surface area contributed by atoms with Crippen molar-refractivity contribution in [2.24, 2.45) is 10.9 Å². The lowest BCUT2D eigenvalue weighted by atomic mass is 9.78. The van der Waals surface area contributed by atoms with Crippen LogP contribution in [-0.2, 0) is 4.74 Å². The summed E-state index contributed by atoms with van der Waals surface area (Å²) >= 11 is 0. The fraction of sp³-hybridized carbons (Fsp3) is 0.423. The van der Waals surface area contributed by atoms with Crippen molar-refractivity contribution in [3.8, 4) is 0 Å². The van der Waals surface area contributed by atoms with Gasteiger partial charge in [-0.1, -0.05) is 54.1 Å². The van der Waals surface area contributed by atoms with Crippen molar-refractivity contribution in [1.29, 1.82) is 0 Å². The Kier molecular flexibility index (Phi) is 6.59. The molecule has 0 bridgehead atoms. The minimum atomic E-state index is -0.172. The van der Waals surface area contributed by atoms with Crippen molar-refractivity contribution in [2.45, 2.75) is 45.7 Å². The van der Waals surface area contributed by atoms with Gasteiger partial charge >= 0.3 is 0 Å². The third kappa shape index (κ3) is 4.79. The van der Waals surface area contributed by atoms with Crippen LogP contribution in [0.2, 0.25) is 0 Å². The average Bonchev–Trinajstić information content (AvgIpc) is 3.05. The van der Waals surface area contributed by atoms with Gasteiger partial charge in [0, 0.05) is 30.6 Å². The number of benzene rings is 1. The van der Waals surface area contributed by atoms with Crippen molar-refractivity contribution in [3.05, 3.63) is 78.4 Å². The van der Waals surface area contributed by atoms with E-state index >= 15 is 0 Å². The Bertz CT molecular complexity index is 845. The number of hydrogen-bond acceptors (Lipinski definition) is 3. The van der Waals surface area contributed by atoms with Gasteiger partial charge in [0.1, 0.15) is 6.61 Å². The molecule has 1 aliphatic heterocycles. The Morgan fingerprint density at radius 1 is 1.21 bits per heavy atom. The third-order valence-corrected chi connectivity index (χ3v) is 5.47. The number of rotatable bonds is 8. The smallest absolute Gasteiger partial charge is 0.217 e. The summed E-state index contributed by atoms with van der Waals surface area (Å²) < 4.78 is 6.05. The zero-order valence-corrected chi connectivity index (χ0v) is 18.3. The molecule has 0 amide bonds. The molecule has 0 N–H and O–H groups in total. The second kappa shape index (κ2) is 8.96. The van der Waals surface area contributed by atoms with Gasteiger partial charge in [0.2, 0.25) is 5.90 Å². The molecule has 0 spiro atoms. The van der Waals surface area contributed by atoms with Gasteiger partial charge in [-0.3, -0.25) is 4.90 Å². The molecule has 1 heterocycles. The molecule has 0 fully saturated rings. The second-order valence-electron chi connectivity index (χ2n) is 8.84. The lowest BCUT2D eigenvalue weighted by Gasteiger charge is -2.39. The third-order valence-electron chi connectivity index (χ3n) is 5.47. The van der Waals surface area contributed by atoms with Gasteiger partial charge in [-0.25, -0.2) is 4.99 Å². The highest BCUT2D eigenvalue weighted by Gasteiger charge is 2.36. The van der Waals surface area contributed by atoms with E-state index in [1.165, 1.54) is 16.7 Å². The van der Waals surface area contributed by atoms with Crippen LogP contribution in [-0.4, -0.2) is 36.0 Å². The summed E-state index contributed by atoms with van der Waals surface area (Å²) in [5.41, 5.74) is 4.85. The number of fused-ring (bicyclic) bond motifs is 1. The maximum atomic E-state index is 6.05. The molecule has 1 aromatic rings. The molecule has 0 aromatic heterocycles. The summed E-state index contributed by atoms with van der Waals surface area (Å²) in [7, 11) is 0.